The van der Waals surface area contributed by atoms with Gasteiger partial charge in [-0.1, -0.05) is 24.3 Å². The van der Waals surface area contributed by atoms with Gasteiger partial charge in [0.15, 0.2) is 17.6 Å². The van der Waals surface area contributed by atoms with Gasteiger partial charge < -0.3 is 23.9 Å². The predicted molar refractivity (Wildman–Crippen MR) is 155 cm³/mol. The van der Waals surface area contributed by atoms with Gasteiger partial charge in [-0.2, -0.15) is 5.26 Å². The summed E-state index contributed by atoms with van der Waals surface area (Å²) >= 11 is 0. The van der Waals surface area contributed by atoms with Gasteiger partial charge in [-0.15, -0.1) is 0 Å². The van der Waals surface area contributed by atoms with Gasteiger partial charge in [0, 0.05) is 12.2 Å². The Balaban J connectivity index is 1.04. The van der Waals surface area contributed by atoms with Crippen LogP contribution in [0.3, 0.4) is 0 Å². The highest BCUT2D eigenvalue weighted by Crippen LogP contribution is 2.44. The second-order valence-corrected chi connectivity index (χ2v) is 11.3. The van der Waals surface area contributed by atoms with Gasteiger partial charge in [0.1, 0.15) is 12.4 Å². The van der Waals surface area contributed by atoms with Crippen molar-refractivity contribution >= 4 is 17.0 Å². The van der Waals surface area contributed by atoms with E-state index in [1.54, 1.807) is 18.2 Å². The number of fused-ring (bicyclic) bond motifs is 2. The molecule has 2 fully saturated rings. The van der Waals surface area contributed by atoms with Gasteiger partial charge in [-0.25, -0.2) is 9.78 Å². The van der Waals surface area contributed by atoms with Crippen LogP contribution >= 0.6 is 0 Å². The normalized spacial score (nSPS) is 20.6. The average Bonchev–Trinajstić information content (AvgIpc) is 3.34. The number of nitrogens with zero attached hydrogens (tertiary/aromatic N) is 4. The van der Waals surface area contributed by atoms with E-state index in [0.717, 1.165) is 72.9 Å². The standard InChI is InChI=1S/C33H32N4O5/c34-17-21-4-6-23(7-5-21)30-20-41-32-26(2-1-3-29(32)42-30)22-10-13-36(14-11-22)19-31-35-27-9-8-24(33(38)39)16-28(27)37(31)18-25-12-15-40-25/h1-9,16,22,25,30H,10-15,18-20H2,(H,38,39)/t25-,30-/m0/s1. The maximum Gasteiger partial charge on any atom is 0.335 e. The van der Waals surface area contributed by atoms with Crippen LogP contribution in [0.25, 0.3) is 11.0 Å². The molecule has 214 valence electrons. The molecular formula is C33H32N4O5. The number of nitriles is 1. The van der Waals surface area contributed by atoms with Crippen molar-refractivity contribution in [1.29, 1.82) is 5.26 Å². The lowest BCUT2D eigenvalue weighted by Gasteiger charge is -2.35. The van der Waals surface area contributed by atoms with Crippen LogP contribution in [0.15, 0.2) is 60.7 Å². The number of aromatic nitrogens is 2. The lowest BCUT2D eigenvalue weighted by Crippen LogP contribution is -2.35. The summed E-state index contributed by atoms with van der Waals surface area (Å²) in [4.78, 5) is 19.0. The van der Waals surface area contributed by atoms with Crippen LogP contribution in [-0.4, -0.2) is 57.9 Å². The van der Waals surface area contributed by atoms with E-state index in [1.165, 1.54) is 5.56 Å². The largest absolute Gasteiger partial charge is 0.485 e. The molecule has 3 aliphatic heterocycles. The fourth-order valence-corrected chi connectivity index (χ4v) is 6.25. The molecule has 3 aromatic carbocycles. The van der Waals surface area contributed by atoms with E-state index in [0.29, 0.717) is 31.2 Å². The molecule has 7 rings (SSSR count). The maximum absolute atomic E-state index is 11.6. The summed E-state index contributed by atoms with van der Waals surface area (Å²) in [6, 6.07) is 20.9. The summed E-state index contributed by atoms with van der Waals surface area (Å²) < 4.78 is 20.5. The second-order valence-electron chi connectivity index (χ2n) is 11.3. The summed E-state index contributed by atoms with van der Waals surface area (Å²) in [5, 5.41) is 18.6. The smallest absolute Gasteiger partial charge is 0.335 e. The van der Waals surface area contributed by atoms with Crippen LogP contribution in [0, 0.1) is 11.3 Å². The highest BCUT2D eigenvalue weighted by Gasteiger charge is 2.30. The van der Waals surface area contributed by atoms with Crippen molar-refractivity contribution in [1.82, 2.24) is 14.5 Å². The predicted octanol–water partition coefficient (Wildman–Crippen LogP) is 5.29. The Kier molecular flexibility index (Phi) is 7.02. The van der Waals surface area contributed by atoms with E-state index in [9.17, 15) is 9.90 Å². The summed E-state index contributed by atoms with van der Waals surface area (Å²) in [6.07, 6.45) is 2.92. The topological polar surface area (TPSA) is 110 Å². The number of hydrogen-bond donors (Lipinski definition) is 1. The Morgan fingerprint density at radius 2 is 1.88 bits per heavy atom. The first-order chi connectivity index (χ1) is 20.6. The minimum absolute atomic E-state index is 0.142. The number of para-hydroxylation sites is 1. The number of carboxylic acid groups (broad SMARTS) is 1. The molecule has 1 N–H and O–H groups in total. The number of imidazole rings is 1. The first kappa shape index (κ1) is 26.5. The number of hydrogen-bond acceptors (Lipinski definition) is 7. The van der Waals surface area contributed by atoms with E-state index < -0.39 is 5.97 Å². The molecule has 0 spiro atoms. The highest BCUT2D eigenvalue weighted by atomic mass is 16.6. The quantitative estimate of drug-likeness (QED) is 0.323. The van der Waals surface area contributed by atoms with Crippen molar-refractivity contribution in [2.75, 3.05) is 26.3 Å². The number of aromatic carboxylic acids is 1. The van der Waals surface area contributed by atoms with E-state index >= 15 is 0 Å². The Morgan fingerprint density at radius 3 is 2.60 bits per heavy atom. The molecule has 9 heteroatoms. The number of ether oxygens (including phenoxy) is 3. The molecule has 1 aromatic heterocycles. The molecule has 0 unspecified atom stereocenters. The van der Waals surface area contributed by atoms with Gasteiger partial charge >= 0.3 is 5.97 Å². The van der Waals surface area contributed by atoms with Gasteiger partial charge in [0.2, 0.25) is 0 Å². The monoisotopic (exact) mass is 564 g/mol. The van der Waals surface area contributed by atoms with Crippen LogP contribution in [0.5, 0.6) is 11.5 Å². The summed E-state index contributed by atoms with van der Waals surface area (Å²) in [7, 11) is 0. The molecular weight excluding hydrogens is 532 g/mol. The first-order valence-corrected chi connectivity index (χ1v) is 14.5. The molecule has 0 amide bonds. The molecule has 0 bridgehead atoms. The fourth-order valence-electron chi connectivity index (χ4n) is 6.25. The lowest BCUT2D eigenvalue weighted by molar-refractivity contribution is -0.0592. The Hall–Kier alpha value is -4.39. The van der Waals surface area contributed by atoms with Crippen molar-refractivity contribution in [3.8, 4) is 17.6 Å². The third kappa shape index (κ3) is 5.08. The summed E-state index contributed by atoms with van der Waals surface area (Å²) in [6.45, 7) is 4.44. The minimum atomic E-state index is -0.935. The number of likely N-dealkylation sites (tertiary alicyclic amines) is 1. The maximum atomic E-state index is 11.6. The number of carbonyl (C=O) groups is 1. The number of piperidine rings is 1. The molecule has 3 aliphatic rings. The Labute approximate surface area is 243 Å². The van der Waals surface area contributed by atoms with Crippen molar-refractivity contribution in [2.45, 2.75) is 50.5 Å². The van der Waals surface area contributed by atoms with Crippen LogP contribution in [-0.2, 0) is 17.8 Å². The molecule has 42 heavy (non-hydrogen) atoms. The third-order valence-corrected chi connectivity index (χ3v) is 8.72. The van der Waals surface area contributed by atoms with E-state index in [2.05, 4.69) is 21.6 Å². The second kappa shape index (κ2) is 11.1. The van der Waals surface area contributed by atoms with E-state index in [-0.39, 0.29) is 17.8 Å². The van der Waals surface area contributed by atoms with Gasteiger partial charge in [-0.3, -0.25) is 4.90 Å². The molecule has 2 atom stereocenters. The van der Waals surface area contributed by atoms with Gasteiger partial charge in [0.25, 0.3) is 0 Å². The fraction of sp³-hybridized carbons (Fsp3) is 0.364. The Morgan fingerprint density at radius 1 is 1.07 bits per heavy atom. The Bertz CT molecular complexity index is 1660. The average molecular weight is 565 g/mol. The van der Waals surface area contributed by atoms with Crippen LogP contribution in [0.4, 0.5) is 0 Å². The molecule has 4 aromatic rings. The number of benzene rings is 3. The third-order valence-electron chi connectivity index (χ3n) is 8.72. The minimum Gasteiger partial charge on any atom is -0.485 e. The highest BCUT2D eigenvalue weighted by molar-refractivity contribution is 5.92. The van der Waals surface area contributed by atoms with Crippen molar-refractivity contribution in [3.63, 3.8) is 0 Å². The summed E-state index contributed by atoms with van der Waals surface area (Å²) in [5.74, 6) is 1.99. The zero-order valence-corrected chi connectivity index (χ0v) is 23.2. The van der Waals surface area contributed by atoms with Gasteiger partial charge in [-0.05, 0) is 80.2 Å². The van der Waals surface area contributed by atoms with Crippen molar-refractivity contribution in [3.05, 3.63) is 88.7 Å². The lowest BCUT2D eigenvalue weighted by atomic mass is 9.88. The van der Waals surface area contributed by atoms with E-state index in [1.807, 2.05) is 36.4 Å². The first-order valence-electron chi connectivity index (χ1n) is 14.5. The number of rotatable bonds is 7. The molecule has 0 saturated carbocycles. The summed E-state index contributed by atoms with van der Waals surface area (Å²) in [5.41, 5.74) is 4.75. The zero-order chi connectivity index (χ0) is 28.6. The number of carboxylic acids is 1. The van der Waals surface area contributed by atoms with Crippen LogP contribution in [0.2, 0.25) is 0 Å². The molecule has 0 aliphatic carbocycles. The molecule has 9 nitrogen and oxygen atoms in total. The molecule has 0 radical (unpaired) electrons. The van der Waals surface area contributed by atoms with Crippen molar-refractivity contribution < 1.29 is 24.1 Å². The molecule has 2 saturated heterocycles. The van der Waals surface area contributed by atoms with Gasteiger partial charge in [0.05, 0.1) is 47.4 Å². The van der Waals surface area contributed by atoms with E-state index in [4.69, 9.17) is 24.5 Å². The van der Waals surface area contributed by atoms with Crippen molar-refractivity contribution in [2.24, 2.45) is 0 Å². The van der Waals surface area contributed by atoms with Crippen LogP contribution < -0.4 is 9.47 Å². The zero-order valence-electron chi connectivity index (χ0n) is 23.2. The van der Waals surface area contributed by atoms with Crippen LogP contribution in [0.1, 0.15) is 64.2 Å². The SMILES string of the molecule is N#Cc1ccc([C@@H]2COc3c(cccc3C3CCN(Cc4nc5ccc(C(=O)O)cc5n4C[C@@H]4CCO4)CC3)O2)cc1. The molecule has 4 heterocycles.